The first kappa shape index (κ1) is 21.2. The van der Waals surface area contributed by atoms with E-state index in [0.29, 0.717) is 0 Å². The number of hydrogen-bond donors (Lipinski definition) is 2. The molecule has 8 heteroatoms. The molecule has 0 spiro atoms. The van der Waals surface area contributed by atoms with Crippen LogP contribution in [0.15, 0.2) is 0 Å². The molecule has 0 rings (SSSR count). The van der Waals surface area contributed by atoms with Crippen molar-refractivity contribution in [2.45, 2.75) is 79.9 Å². The molecular formula is C19H34O8. The van der Waals surface area contributed by atoms with Crippen molar-refractivity contribution in [3.8, 4) is 0 Å². The van der Waals surface area contributed by atoms with Gasteiger partial charge in [-0.1, -0.05) is 20.7 Å². The van der Waals surface area contributed by atoms with Crippen LogP contribution in [0.5, 0.6) is 0 Å². The Morgan fingerprint density at radius 2 is 1.30 bits per heavy atom. The van der Waals surface area contributed by atoms with Gasteiger partial charge in [0.1, 0.15) is 11.2 Å². The molecule has 158 valence electrons. The average molecular weight is 393 g/mol. The fourth-order valence-electron chi connectivity index (χ4n) is 1.43. The molecule has 0 aromatic carbocycles. The van der Waals surface area contributed by atoms with Crippen LogP contribution in [-0.4, -0.2) is 45.3 Å². The summed E-state index contributed by atoms with van der Waals surface area (Å²) in [7, 11) is 0. The van der Waals surface area contributed by atoms with Crippen molar-refractivity contribution in [3.05, 3.63) is 0 Å². The molecule has 0 radical (unpaired) electrons. The molecule has 0 saturated heterocycles. The molecule has 0 heterocycles. The molecule has 0 saturated carbocycles. The summed E-state index contributed by atoms with van der Waals surface area (Å²) in [5.74, 6) is -7.45. The monoisotopic (exact) mass is 393 g/mol. The van der Waals surface area contributed by atoms with Crippen LogP contribution in [0.4, 0.5) is 0 Å². The standard InChI is InChI=1S/C10H18O4.C9H16O4/c1-6(8(11)12)7(2)9(13)14-10(3,4)5;1-6(8(11)12)5-7(10)13-9(2,3)4/h6-7H,1-5H3,(H,11,12);6H,5H2,1-4H3,(H,11,12)/t6-,7?;6-/m11/s1/i2D3;. The molecule has 3 atom stereocenters. The maximum atomic E-state index is 11.7. The van der Waals surface area contributed by atoms with Gasteiger partial charge in [-0.2, -0.15) is 0 Å². The molecule has 0 aromatic heterocycles. The molecule has 2 N–H and O–H groups in total. The zero-order chi connectivity index (χ0) is 24.7. The lowest BCUT2D eigenvalue weighted by Gasteiger charge is -2.23. The third-order valence-electron chi connectivity index (χ3n) is 2.86. The highest BCUT2D eigenvalue weighted by Crippen LogP contribution is 2.17. The highest BCUT2D eigenvalue weighted by molar-refractivity contribution is 5.80. The molecule has 0 aliphatic heterocycles. The zero-order valence-corrected chi connectivity index (χ0v) is 17.3. The molecule has 0 amide bonds. The Balaban J connectivity index is 0. The van der Waals surface area contributed by atoms with E-state index in [4.69, 9.17) is 23.8 Å². The summed E-state index contributed by atoms with van der Waals surface area (Å²) in [6.07, 6.45) is -0.0768. The summed E-state index contributed by atoms with van der Waals surface area (Å²) in [5.41, 5.74) is -1.39. The van der Waals surface area contributed by atoms with Crippen molar-refractivity contribution in [1.82, 2.24) is 0 Å². The number of carbonyl (C=O) groups excluding carboxylic acids is 2. The van der Waals surface area contributed by atoms with Crippen LogP contribution < -0.4 is 0 Å². The molecule has 0 aliphatic rings. The van der Waals surface area contributed by atoms with Gasteiger partial charge in [-0.05, 0) is 41.5 Å². The molecule has 27 heavy (non-hydrogen) atoms. The lowest BCUT2D eigenvalue weighted by molar-refractivity contribution is -0.165. The first-order valence-corrected chi connectivity index (χ1v) is 8.48. The predicted molar refractivity (Wildman–Crippen MR) is 99.1 cm³/mol. The highest BCUT2D eigenvalue weighted by Gasteiger charge is 2.29. The summed E-state index contributed by atoms with van der Waals surface area (Å²) < 4.78 is 31.6. The summed E-state index contributed by atoms with van der Waals surface area (Å²) in [6.45, 7) is 9.98. The Morgan fingerprint density at radius 3 is 1.59 bits per heavy atom. The van der Waals surface area contributed by atoms with Gasteiger partial charge in [-0.3, -0.25) is 19.2 Å². The minimum atomic E-state index is -2.69. The summed E-state index contributed by atoms with van der Waals surface area (Å²) >= 11 is 0. The number of hydrogen-bond acceptors (Lipinski definition) is 6. The molecule has 0 fully saturated rings. The van der Waals surface area contributed by atoms with Gasteiger partial charge in [0.15, 0.2) is 0 Å². The number of rotatable bonds is 6. The fourth-order valence-corrected chi connectivity index (χ4v) is 1.43. The first-order valence-electron chi connectivity index (χ1n) is 9.98. The van der Waals surface area contributed by atoms with Gasteiger partial charge in [-0.15, -0.1) is 0 Å². The number of carboxylic acids is 2. The number of ether oxygens (including phenoxy) is 2. The first-order chi connectivity index (χ1) is 13.1. The summed E-state index contributed by atoms with van der Waals surface area (Å²) in [6, 6.07) is 0. The maximum absolute atomic E-state index is 11.7. The second-order valence-electron chi connectivity index (χ2n) is 8.17. The van der Waals surface area contributed by atoms with Gasteiger partial charge in [0.05, 0.1) is 24.2 Å². The molecule has 0 aromatic rings. The molecular weight excluding hydrogens is 356 g/mol. The van der Waals surface area contributed by atoms with Crippen molar-refractivity contribution in [1.29, 1.82) is 0 Å². The highest BCUT2D eigenvalue weighted by atomic mass is 16.6. The average Bonchev–Trinajstić information content (AvgIpc) is 2.41. The third-order valence-corrected chi connectivity index (χ3v) is 2.86. The Labute approximate surface area is 165 Å². The van der Waals surface area contributed by atoms with Crippen molar-refractivity contribution < 1.29 is 43.0 Å². The maximum Gasteiger partial charge on any atom is 0.310 e. The van der Waals surface area contributed by atoms with Crippen LogP contribution in [0.2, 0.25) is 0 Å². The van der Waals surface area contributed by atoms with E-state index in [2.05, 4.69) is 0 Å². The normalized spacial score (nSPS) is 16.8. The van der Waals surface area contributed by atoms with Gasteiger partial charge < -0.3 is 19.7 Å². The molecule has 8 nitrogen and oxygen atoms in total. The van der Waals surface area contributed by atoms with Gasteiger partial charge in [-0.25, -0.2) is 0 Å². The SMILES string of the molecule is C[C@H](CC(=O)OC(C)(C)C)C(=O)O.[2H]C([2H])([2H])C(C(=O)OC(C)(C)C)[C@@H](C)C(=O)O. The van der Waals surface area contributed by atoms with Gasteiger partial charge in [0.25, 0.3) is 0 Å². The Hall–Kier alpha value is -2.12. The van der Waals surface area contributed by atoms with E-state index in [1.807, 2.05) is 0 Å². The minimum Gasteiger partial charge on any atom is -0.481 e. The van der Waals surface area contributed by atoms with E-state index in [9.17, 15) is 19.2 Å². The summed E-state index contributed by atoms with van der Waals surface area (Å²) in [4.78, 5) is 44.0. The lowest BCUT2D eigenvalue weighted by atomic mass is 9.96. The lowest BCUT2D eigenvalue weighted by Crippen LogP contribution is -2.32. The Kier molecular flexibility index (Phi) is 8.54. The van der Waals surface area contributed by atoms with E-state index in [1.54, 1.807) is 41.5 Å². The molecule has 0 aliphatic carbocycles. The third kappa shape index (κ3) is 14.7. The quantitative estimate of drug-likeness (QED) is 0.659. The Bertz CT molecular complexity index is 615. The van der Waals surface area contributed by atoms with Crippen molar-refractivity contribution >= 4 is 23.9 Å². The molecule has 1 unspecified atom stereocenters. The van der Waals surface area contributed by atoms with Crippen LogP contribution >= 0.6 is 0 Å². The van der Waals surface area contributed by atoms with Crippen LogP contribution in [0.3, 0.4) is 0 Å². The largest absolute Gasteiger partial charge is 0.481 e. The Morgan fingerprint density at radius 1 is 0.852 bits per heavy atom. The van der Waals surface area contributed by atoms with E-state index >= 15 is 0 Å². The summed E-state index contributed by atoms with van der Waals surface area (Å²) in [5, 5.41) is 17.3. The van der Waals surface area contributed by atoms with Gasteiger partial charge >= 0.3 is 23.9 Å². The number of aliphatic carboxylic acids is 2. The number of carbonyl (C=O) groups is 4. The predicted octanol–water partition coefficient (Wildman–Crippen LogP) is 3.12. The number of carboxylic acid groups (broad SMARTS) is 2. The van der Waals surface area contributed by atoms with E-state index in [-0.39, 0.29) is 6.42 Å². The minimum absolute atomic E-state index is 0.0768. The number of esters is 2. The second-order valence-corrected chi connectivity index (χ2v) is 8.17. The van der Waals surface area contributed by atoms with Crippen molar-refractivity contribution in [3.63, 3.8) is 0 Å². The van der Waals surface area contributed by atoms with Crippen LogP contribution in [0.25, 0.3) is 0 Å². The molecule has 0 bridgehead atoms. The van der Waals surface area contributed by atoms with E-state index < -0.39 is 59.7 Å². The van der Waals surface area contributed by atoms with Crippen LogP contribution in [0.1, 0.15) is 72.8 Å². The second kappa shape index (κ2) is 10.9. The fraction of sp³-hybridized carbons (Fsp3) is 0.789. The van der Waals surface area contributed by atoms with Crippen molar-refractivity contribution in [2.75, 3.05) is 0 Å². The van der Waals surface area contributed by atoms with Gasteiger partial charge in [0.2, 0.25) is 0 Å². The van der Waals surface area contributed by atoms with Gasteiger partial charge in [0, 0.05) is 4.11 Å². The van der Waals surface area contributed by atoms with E-state index in [0.717, 1.165) is 0 Å². The van der Waals surface area contributed by atoms with Crippen LogP contribution in [0, 0.1) is 17.8 Å². The van der Waals surface area contributed by atoms with Crippen LogP contribution in [-0.2, 0) is 28.7 Å². The smallest absolute Gasteiger partial charge is 0.310 e. The zero-order valence-electron chi connectivity index (χ0n) is 20.3. The van der Waals surface area contributed by atoms with Crippen molar-refractivity contribution in [2.24, 2.45) is 17.8 Å². The topological polar surface area (TPSA) is 127 Å². The van der Waals surface area contributed by atoms with E-state index in [1.165, 1.54) is 13.8 Å².